The van der Waals surface area contributed by atoms with E-state index in [0.29, 0.717) is 13.0 Å². The molecule has 1 aromatic rings. The summed E-state index contributed by atoms with van der Waals surface area (Å²) in [5.41, 5.74) is 1.33. The van der Waals surface area contributed by atoms with Crippen LogP contribution in [-0.2, 0) is 16.1 Å². The lowest BCUT2D eigenvalue weighted by molar-refractivity contribution is -0.143. The highest BCUT2D eigenvalue weighted by Crippen LogP contribution is 2.20. The molecular weight excluding hydrogens is 282 g/mol. The van der Waals surface area contributed by atoms with Crippen LogP contribution in [-0.4, -0.2) is 24.9 Å². The Kier molecular flexibility index (Phi) is 10.0. The molecule has 0 aliphatic rings. The average molecular weight is 309 g/mol. The molecule has 1 N–H and O–H groups in total. The van der Waals surface area contributed by atoms with E-state index in [1.807, 2.05) is 18.7 Å². The molecule has 1 rings (SSSR count). The number of nitrogens with one attached hydrogen (secondary N) is 1. The third-order valence-electron chi connectivity index (χ3n) is 3.10. The van der Waals surface area contributed by atoms with Crippen LogP contribution in [0.1, 0.15) is 45.1 Å². The van der Waals surface area contributed by atoms with Crippen LogP contribution in [0.2, 0.25) is 0 Å². The van der Waals surface area contributed by atoms with E-state index in [2.05, 4.69) is 36.5 Å². The minimum atomic E-state index is -0.0681. The van der Waals surface area contributed by atoms with Crippen molar-refractivity contribution in [3.63, 3.8) is 0 Å². The Morgan fingerprint density at radius 1 is 1.14 bits per heavy atom. The molecule has 0 radical (unpaired) electrons. The Bertz CT molecular complexity index is 392. The summed E-state index contributed by atoms with van der Waals surface area (Å²) in [6.45, 7) is 6.39. The molecule has 0 bridgehead atoms. The Morgan fingerprint density at radius 3 is 2.57 bits per heavy atom. The largest absolute Gasteiger partial charge is 0.466 e. The molecule has 0 saturated carbocycles. The minimum absolute atomic E-state index is 0.0681. The van der Waals surface area contributed by atoms with Gasteiger partial charge in [-0.3, -0.25) is 4.79 Å². The molecule has 0 heterocycles. The number of hydrogen-bond acceptors (Lipinski definition) is 4. The van der Waals surface area contributed by atoms with E-state index in [0.717, 1.165) is 38.1 Å². The zero-order valence-corrected chi connectivity index (χ0v) is 14.0. The van der Waals surface area contributed by atoms with Crippen LogP contribution in [0.25, 0.3) is 0 Å². The van der Waals surface area contributed by atoms with Gasteiger partial charge < -0.3 is 10.1 Å². The summed E-state index contributed by atoms with van der Waals surface area (Å²) in [7, 11) is 0. The van der Waals surface area contributed by atoms with Crippen LogP contribution in [0, 0.1) is 0 Å². The number of thioether (sulfide) groups is 1. The van der Waals surface area contributed by atoms with Crippen molar-refractivity contribution >= 4 is 17.7 Å². The predicted molar refractivity (Wildman–Crippen MR) is 89.6 cm³/mol. The van der Waals surface area contributed by atoms with Gasteiger partial charge in [0.05, 0.1) is 6.61 Å². The van der Waals surface area contributed by atoms with Crippen molar-refractivity contribution < 1.29 is 9.53 Å². The van der Waals surface area contributed by atoms with Crippen molar-refractivity contribution in [2.75, 3.05) is 18.9 Å². The number of benzene rings is 1. The van der Waals surface area contributed by atoms with Gasteiger partial charge in [0.15, 0.2) is 0 Å². The third kappa shape index (κ3) is 8.79. The van der Waals surface area contributed by atoms with Gasteiger partial charge in [0, 0.05) is 17.9 Å². The normalized spacial score (nSPS) is 10.6. The van der Waals surface area contributed by atoms with Gasteiger partial charge in [-0.2, -0.15) is 0 Å². The summed E-state index contributed by atoms with van der Waals surface area (Å²) in [5.74, 6) is 1.04. The van der Waals surface area contributed by atoms with E-state index >= 15 is 0 Å². The molecule has 0 fully saturated rings. The summed E-state index contributed by atoms with van der Waals surface area (Å²) in [6.07, 6.45) is 3.71. The Hall–Kier alpha value is -1.00. The van der Waals surface area contributed by atoms with Crippen molar-refractivity contribution in [2.45, 2.75) is 51.0 Å². The maximum absolute atomic E-state index is 11.2. The summed E-state index contributed by atoms with van der Waals surface area (Å²) in [6, 6.07) is 8.75. The summed E-state index contributed by atoms with van der Waals surface area (Å²) < 4.78 is 4.91. The first-order valence-corrected chi connectivity index (χ1v) is 8.83. The molecule has 0 spiro atoms. The van der Waals surface area contributed by atoms with E-state index in [4.69, 9.17) is 4.74 Å². The number of ether oxygens (including phenoxy) is 1. The van der Waals surface area contributed by atoms with Gasteiger partial charge in [-0.15, -0.1) is 11.8 Å². The zero-order chi connectivity index (χ0) is 15.3. The standard InChI is InChI=1S/C17H27NO2S/c1-3-18-14-15-9-11-16(12-10-15)21-13-7-5-6-8-17(19)20-4-2/h9-12,18H,3-8,13-14H2,1-2H3. The fourth-order valence-corrected chi connectivity index (χ4v) is 2.86. The van der Waals surface area contributed by atoms with Crippen LogP contribution < -0.4 is 5.32 Å². The Labute approximate surface area is 132 Å². The maximum Gasteiger partial charge on any atom is 0.305 e. The van der Waals surface area contributed by atoms with E-state index in [9.17, 15) is 4.79 Å². The van der Waals surface area contributed by atoms with Gasteiger partial charge in [0.2, 0.25) is 0 Å². The van der Waals surface area contributed by atoms with Gasteiger partial charge in [-0.05, 0) is 49.8 Å². The van der Waals surface area contributed by atoms with Crippen molar-refractivity contribution in [1.29, 1.82) is 0 Å². The zero-order valence-electron chi connectivity index (χ0n) is 13.2. The topological polar surface area (TPSA) is 38.3 Å². The third-order valence-corrected chi connectivity index (χ3v) is 4.20. The molecule has 4 heteroatoms. The Balaban J connectivity index is 2.08. The second-order valence-corrected chi connectivity index (χ2v) is 6.06. The molecule has 1 aromatic carbocycles. The van der Waals surface area contributed by atoms with Gasteiger partial charge in [-0.1, -0.05) is 25.5 Å². The highest BCUT2D eigenvalue weighted by atomic mass is 32.2. The molecule has 0 saturated heterocycles. The number of carbonyl (C=O) groups excluding carboxylic acids is 1. The highest BCUT2D eigenvalue weighted by molar-refractivity contribution is 7.99. The quantitative estimate of drug-likeness (QED) is 0.381. The van der Waals surface area contributed by atoms with Crippen LogP contribution >= 0.6 is 11.8 Å². The van der Waals surface area contributed by atoms with Crippen LogP contribution in [0.15, 0.2) is 29.2 Å². The van der Waals surface area contributed by atoms with E-state index in [1.165, 1.54) is 10.5 Å². The molecule has 0 aliphatic heterocycles. The van der Waals surface area contributed by atoms with E-state index in [1.54, 1.807) is 0 Å². The molecule has 3 nitrogen and oxygen atoms in total. The van der Waals surface area contributed by atoms with E-state index in [-0.39, 0.29) is 5.97 Å². The average Bonchev–Trinajstić information content (AvgIpc) is 2.50. The SMILES string of the molecule is CCNCc1ccc(SCCCCCC(=O)OCC)cc1. The van der Waals surface area contributed by atoms with Crippen LogP contribution in [0.5, 0.6) is 0 Å². The van der Waals surface area contributed by atoms with Gasteiger partial charge in [0.1, 0.15) is 0 Å². The van der Waals surface area contributed by atoms with E-state index < -0.39 is 0 Å². The summed E-state index contributed by atoms with van der Waals surface area (Å²) >= 11 is 1.89. The maximum atomic E-state index is 11.2. The lowest BCUT2D eigenvalue weighted by atomic mass is 10.2. The lowest BCUT2D eigenvalue weighted by Crippen LogP contribution is -2.11. The number of esters is 1. The summed E-state index contributed by atoms with van der Waals surface area (Å²) in [5, 5.41) is 3.32. The van der Waals surface area contributed by atoms with Crippen molar-refractivity contribution in [3.05, 3.63) is 29.8 Å². The predicted octanol–water partition coefficient (Wildman–Crippen LogP) is 4.01. The molecule has 0 atom stereocenters. The summed E-state index contributed by atoms with van der Waals surface area (Å²) in [4.78, 5) is 12.5. The van der Waals surface area contributed by atoms with Gasteiger partial charge in [-0.25, -0.2) is 0 Å². The molecule has 0 aromatic heterocycles. The van der Waals surface area contributed by atoms with Crippen LogP contribution in [0.4, 0.5) is 0 Å². The molecule has 0 aliphatic carbocycles. The van der Waals surface area contributed by atoms with Crippen molar-refractivity contribution in [2.24, 2.45) is 0 Å². The lowest BCUT2D eigenvalue weighted by Gasteiger charge is -2.05. The fourth-order valence-electron chi connectivity index (χ4n) is 1.94. The van der Waals surface area contributed by atoms with Gasteiger partial charge in [0.25, 0.3) is 0 Å². The molecule has 118 valence electrons. The Morgan fingerprint density at radius 2 is 1.90 bits per heavy atom. The first-order chi connectivity index (χ1) is 10.3. The molecule has 0 amide bonds. The molecule has 21 heavy (non-hydrogen) atoms. The number of hydrogen-bond donors (Lipinski definition) is 1. The van der Waals surface area contributed by atoms with Crippen molar-refractivity contribution in [1.82, 2.24) is 5.32 Å². The fraction of sp³-hybridized carbons (Fsp3) is 0.588. The second-order valence-electron chi connectivity index (χ2n) is 4.89. The highest BCUT2D eigenvalue weighted by Gasteiger charge is 2.01. The molecule has 0 unspecified atom stereocenters. The monoisotopic (exact) mass is 309 g/mol. The first-order valence-electron chi connectivity index (χ1n) is 7.84. The number of carbonyl (C=O) groups is 1. The number of unbranched alkanes of at least 4 members (excludes halogenated alkanes) is 2. The minimum Gasteiger partial charge on any atom is -0.466 e. The molecular formula is C17H27NO2S. The second kappa shape index (κ2) is 11.6. The van der Waals surface area contributed by atoms with Crippen molar-refractivity contribution in [3.8, 4) is 0 Å². The van der Waals surface area contributed by atoms with Gasteiger partial charge >= 0.3 is 5.97 Å². The first kappa shape index (κ1) is 18.1. The number of rotatable bonds is 11. The van der Waals surface area contributed by atoms with Crippen LogP contribution in [0.3, 0.4) is 0 Å². The smallest absolute Gasteiger partial charge is 0.305 e.